The normalized spacial score (nSPS) is 12.2. The van der Waals surface area contributed by atoms with Crippen molar-refractivity contribution in [2.24, 2.45) is 0 Å². The zero-order valence-corrected chi connectivity index (χ0v) is 29.4. The number of amides is 2. The number of hydrogen-bond acceptors (Lipinski definition) is 5. The molecule has 0 fully saturated rings. The van der Waals surface area contributed by atoms with Crippen molar-refractivity contribution in [1.29, 1.82) is 0 Å². The minimum Gasteiger partial charge on any atom is -0.457 e. The van der Waals surface area contributed by atoms with E-state index in [1.807, 2.05) is 45.9 Å². The Balaban J connectivity index is 1.76. The number of nitrogens with zero attached hydrogens (tertiary/aromatic N) is 2. The van der Waals surface area contributed by atoms with E-state index in [0.29, 0.717) is 27.1 Å². The van der Waals surface area contributed by atoms with Gasteiger partial charge in [-0.3, -0.25) is 13.9 Å². The Hall–Kier alpha value is -4.05. The fraction of sp³-hybridized carbons (Fsp3) is 0.278. The van der Waals surface area contributed by atoms with Crippen LogP contribution in [0, 0.1) is 6.92 Å². The Kier molecular flexibility index (Phi) is 11.6. The van der Waals surface area contributed by atoms with Gasteiger partial charge in [-0.05, 0) is 94.8 Å². The highest BCUT2D eigenvalue weighted by molar-refractivity contribution is 7.92. The molecule has 0 heterocycles. The van der Waals surface area contributed by atoms with Crippen molar-refractivity contribution >= 4 is 50.7 Å². The van der Waals surface area contributed by atoms with Crippen molar-refractivity contribution < 1.29 is 22.7 Å². The van der Waals surface area contributed by atoms with Crippen LogP contribution >= 0.6 is 23.2 Å². The lowest BCUT2D eigenvalue weighted by molar-refractivity contribution is -0.141. The lowest BCUT2D eigenvalue weighted by Gasteiger charge is -2.35. The second-order valence-corrected chi connectivity index (χ2v) is 14.8. The second kappa shape index (κ2) is 15.2. The molecule has 0 unspecified atom stereocenters. The number of sulfonamides is 1. The number of para-hydroxylation sites is 1. The number of aryl methyl sites for hydroxylation is 1. The smallest absolute Gasteiger partial charge is 0.264 e. The number of carbonyl (C=O) groups is 2. The molecule has 0 aliphatic heterocycles. The van der Waals surface area contributed by atoms with E-state index in [9.17, 15) is 18.0 Å². The number of carbonyl (C=O) groups excluding carboxylic acids is 2. The monoisotopic (exact) mass is 695 g/mol. The zero-order valence-electron chi connectivity index (χ0n) is 27.0. The van der Waals surface area contributed by atoms with Crippen molar-refractivity contribution in [2.75, 3.05) is 10.8 Å². The first-order valence-electron chi connectivity index (χ1n) is 15.2. The molecule has 4 aromatic rings. The van der Waals surface area contributed by atoms with Crippen LogP contribution < -0.4 is 14.4 Å². The van der Waals surface area contributed by atoms with Gasteiger partial charge in [-0.2, -0.15) is 0 Å². The third-order valence-corrected chi connectivity index (χ3v) is 9.76. The first-order chi connectivity index (χ1) is 22.2. The number of rotatable bonds is 12. The van der Waals surface area contributed by atoms with Crippen LogP contribution in [-0.4, -0.2) is 43.3 Å². The molecule has 0 saturated carbocycles. The van der Waals surface area contributed by atoms with Crippen LogP contribution in [0.1, 0.15) is 45.2 Å². The first-order valence-corrected chi connectivity index (χ1v) is 17.4. The van der Waals surface area contributed by atoms with E-state index in [-0.39, 0.29) is 29.5 Å². The van der Waals surface area contributed by atoms with Gasteiger partial charge in [0, 0.05) is 27.7 Å². The summed E-state index contributed by atoms with van der Waals surface area (Å²) in [5, 5.41) is 3.59. The van der Waals surface area contributed by atoms with Crippen molar-refractivity contribution in [2.45, 2.75) is 64.1 Å². The van der Waals surface area contributed by atoms with Gasteiger partial charge in [-0.25, -0.2) is 8.42 Å². The summed E-state index contributed by atoms with van der Waals surface area (Å²) in [5.41, 5.74) is 0.988. The standard InChI is InChI=1S/C36H39Cl2N3O5S/c1-6-33(35(43)39-36(3,4)5)40(23-30-31(37)13-10-14-32(30)38)34(42)24-41(47(44,45)29-21-15-25(2)16-22-29)26-17-19-28(20-18-26)46-27-11-8-7-9-12-27/h7-22,33H,6,23-24H2,1-5H3,(H,39,43)/t33-/m1/s1. The van der Waals surface area contributed by atoms with Gasteiger partial charge in [0.05, 0.1) is 10.6 Å². The predicted octanol–water partition coefficient (Wildman–Crippen LogP) is 8.01. The number of ether oxygens (including phenoxy) is 1. The highest BCUT2D eigenvalue weighted by Crippen LogP contribution is 2.30. The molecular formula is C36H39Cl2N3O5S. The van der Waals surface area contributed by atoms with Gasteiger partial charge in [0.25, 0.3) is 10.0 Å². The number of halogens is 2. The van der Waals surface area contributed by atoms with Crippen molar-refractivity contribution in [3.63, 3.8) is 0 Å². The Morgan fingerprint density at radius 2 is 1.40 bits per heavy atom. The summed E-state index contributed by atoms with van der Waals surface area (Å²) >= 11 is 13.0. The Morgan fingerprint density at radius 1 is 0.830 bits per heavy atom. The average molecular weight is 697 g/mol. The molecule has 11 heteroatoms. The summed E-state index contributed by atoms with van der Waals surface area (Å²) in [6.45, 7) is 8.45. The summed E-state index contributed by atoms with van der Waals surface area (Å²) < 4.78 is 35.4. The van der Waals surface area contributed by atoms with Crippen LogP contribution in [0.3, 0.4) is 0 Å². The van der Waals surface area contributed by atoms with Crippen LogP contribution in [0.2, 0.25) is 10.0 Å². The fourth-order valence-corrected chi connectivity index (χ4v) is 6.83. The van der Waals surface area contributed by atoms with Crippen LogP contribution in [0.5, 0.6) is 11.5 Å². The van der Waals surface area contributed by atoms with Crippen LogP contribution in [0.15, 0.2) is 102 Å². The van der Waals surface area contributed by atoms with Gasteiger partial charge in [0.1, 0.15) is 24.1 Å². The van der Waals surface area contributed by atoms with E-state index in [2.05, 4.69) is 5.32 Å². The Bertz CT molecular complexity index is 1770. The molecule has 47 heavy (non-hydrogen) atoms. The van der Waals surface area contributed by atoms with E-state index in [1.165, 1.54) is 17.0 Å². The van der Waals surface area contributed by atoms with Crippen LogP contribution in [0.4, 0.5) is 5.69 Å². The Morgan fingerprint density at radius 3 is 1.96 bits per heavy atom. The summed E-state index contributed by atoms with van der Waals surface area (Å²) in [6.07, 6.45) is 0.256. The second-order valence-electron chi connectivity index (χ2n) is 12.1. The summed E-state index contributed by atoms with van der Waals surface area (Å²) in [7, 11) is -4.25. The molecule has 0 bridgehead atoms. The van der Waals surface area contributed by atoms with E-state index >= 15 is 0 Å². The highest BCUT2D eigenvalue weighted by Gasteiger charge is 2.35. The quantitative estimate of drug-likeness (QED) is 0.162. The summed E-state index contributed by atoms with van der Waals surface area (Å²) in [5.74, 6) is 0.107. The minimum atomic E-state index is -4.25. The van der Waals surface area contributed by atoms with Crippen LogP contribution in [0.25, 0.3) is 0 Å². The molecule has 0 saturated heterocycles. The average Bonchev–Trinajstić information content (AvgIpc) is 3.01. The number of benzene rings is 4. The highest BCUT2D eigenvalue weighted by atomic mass is 35.5. The number of nitrogens with one attached hydrogen (secondary N) is 1. The van der Waals surface area contributed by atoms with E-state index < -0.39 is 34.1 Å². The molecule has 1 atom stereocenters. The SMILES string of the molecule is CC[C@H](C(=O)NC(C)(C)C)N(Cc1c(Cl)cccc1Cl)C(=O)CN(c1ccc(Oc2ccccc2)cc1)S(=O)(=O)c1ccc(C)cc1. The Labute approximate surface area is 287 Å². The fourth-order valence-electron chi connectivity index (χ4n) is 4.90. The van der Waals surface area contributed by atoms with Gasteiger partial charge >= 0.3 is 0 Å². The summed E-state index contributed by atoms with van der Waals surface area (Å²) in [4.78, 5) is 29.3. The van der Waals surface area contributed by atoms with Gasteiger partial charge in [0.15, 0.2) is 0 Å². The van der Waals surface area contributed by atoms with Gasteiger partial charge in [-0.15, -0.1) is 0 Å². The lowest BCUT2D eigenvalue weighted by atomic mass is 10.1. The molecule has 0 aliphatic carbocycles. The lowest BCUT2D eigenvalue weighted by Crippen LogP contribution is -2.55. The van der Waals surface area contributed by atoms with E-state index in [4.69, 9.17) is 27.9 Å². The predicted molar refractivity (Wildman–Crippen MR) is 188 cm³/mol. The molecule has 2 amide bonds. The molecule has 248 valence electrons. The molecule has 8 nitrogen and oxygen atoms in total. The maximum Gasteiger partial charge on any atom is 0.264 e. The first kappa shape index (κ1) is 35.8. The third kappa shape index (κ3) is 9.28. The molecular weight excluding hydrogens is 657 g/mol. The molecule has 1 N–H and O–H groups in total. The molecule has 4 rings (SSSR count). The molecule has 0 aromatic heterocycles. The molecule has 0 aliphatic rings. The largest absolute Gasteiger partial charge is 0.457 e. The number of hydrogen-bond donors (Lipinski definition) is 1. The topological polar surface area (TPSA) is 96.0 Å². The van der Waals surface area contributed by atoms with Crippen molar-refractivity contribution in [3.05, 3.63) is 118 Å². The van der Waals surface area contributed by atoms with Gasteiger partial charge in [-0.1, -0.05) is 72.1 Å². The van der Waals surface area contributed by atoms with Gasteiger partial charge < -0.3 is 15.0 Å². The minimum absolute atomic E-state index is 0.0127. The molecule has 4 aromatic carbocycles. The molecule has 0 spiro atoms. The van der Waals surface area contributed by atoms with E-state index in [0.717, 1.165) is 9.87 Å². The number of anilines is 1. The van der Waals surface area contributed by atoms with E-state index in [1.54, 1.807) is 73.7 Å². The maximum atomic E-state index is 14.4. The third-order valence-electron chi connectivity index (χ3n) is 7.27. The maximum absolute atomic E-state index is 14.4. The van der Waals surface area contributed by atoms with Gasteiger partial charge in [0.2, 0.25) is 11.8 Å². The molecule has 0 radical (unpaired) electrons. The van der Waals surface area contributed by atoms with Crippen molar-refractivity contribution in [3.8, 4) is 11.5 Å². The summed E-state index contributed by atoms with van der Waals surface area (Å²) in [6, 6.07) is 26.0. The zero-order chi connectivity index (χ0) is 34.4. The van der Waals surface area contributed by atoms with Crippen molar-refractivity contribution in [1.82, 2.24) is 10.2 Å². The van der Waals surface area contributed by atoms with Crippen LogP contribution in [-0.2, 0) is 26.2 Å².